The first-order chi connectivity index (χ1) is 10.6. The van der Waals surface area contributed by atoms with Gasteiger partial charge < -0.3 is 19.5 Å². The molecular formula is C15H25FN2O4. The van der Waals surface area contributed by atoms with Crippen molar-refractivity contribution in [1.82, 2.24) is 9.80 Å². The predicted molar refractivity (Wildman–Crippen MR) is 77.3 cm³/mol. The van der Waals surface area contributed by atoms with Crippen molar-refractivity contribution >= 4 is 5.91 Å². The number of likely N-dealkylation sites (tertiary alicyclic amines) is 1. The Kier molecular flexibility index (Phi) is 4.97. The number of hydrogen-bond acceptors (Lipinski definition) is 5. The van der Waals surface area contributed by atoms with E-state index in [2.05, 4.69) is 4.90 Å². The average Bonchev–Trinajstić information content (AvgIpc) is 3.15. The molecule has 1 amide bonds. The van der Waals surface area contributed by atoms with Gasteiger partial charge in [-0.2, -0.15) is 0 Å². The van der Waals surface area contributed by atoms with E-state index in [4.69, 9.17) is 14.6 Å². The number of amides is 1. The number of carbonyl (C=O) groups excluding carboxylic acids is 1. The fourth-order valence-electron chi connectivity index (χ4n) is 3.45. The largest absolute Gasteiger partial charge is 0.393 e. The molecule has 126 valence electrons. The van der Waals surface area contributed by atoms with Crippen molar-refractivity contribution in [2.75, 3.05) is 52.5 Å². The van der Waals surface area contributed by atoms with Crippen molar-refractivity contribution in [3.05, 3.63) is 0 Å². The van der Waals surface area contributed by atoms with Crippen molar-refractivity contribution < 1.29 is 23.8 Å². The van der Waals surface area contributed by atoms with Crippen LogP contribution < -0.4 is 0 Å². The van der Waals surface area contributed by atoms with E-state index in [1.807, 2.05) is 0 Å². The van der Waals surface area contributed by atoms with Crippen LogP contribution in [-0.2, 0) is 14.3 Å². The summed E-state index contributed by atoms with van der Waals surface area (Å²) in [5.41, 5.74) is -1.64. The molecule has 0 radical (unpaired) electrons. The first kappa shape index (κ1) is 16.1. The lowest BCUT2D eigenvalue weighted by Gasteiger charge is -2.29. The van der Waals surface area contributed by atoms with Gasteiger partial charge in [0.25, 0.3) is 5.91 Å². The zero-order chi connectivity index (χ0) is 15.6. The Labute approximate surface area is 130 Å². The minimum atomic E-state index is -1.64. The number of ether oxygens (including phenoxy) is 2. The predicted octanol–water partition coefficient (Wildman–Crippen LogP) is -0.201. The molecule has 22 heavy (non-hydrogen) atoms. The Bertz CT molecular complexity index is 405. The molecule has 0 aromatic carbocycles. The monoisotopic (exact) mass is 316 g/mol. The summed E-state index contributed by atoms with van der Waals surface area (Å²) in [6.07, 6.45) is 1.39. The van der Waals surface area contributed by atoms with Gasteiger partial charge in [0.05, 0.1) is 32.5 Å². The summed E-state index contributed by atoms with van der Waals surface area (Å²) >= 11 is 0. The highest BCUT2D eigenvalue weighted by Crippen LogP contribution is 2.28. The zero-order valence-electron chi connectivity index (χ0n) is 12.9. The summed E-state index contributed by atoms with van der Waals surface area (Å²) in [6, 6.07) is 0. The fourth-order valence-corrected chi connectivity index (χ4v) is 3.45. The van der Waals surface area contributed by atoms with E-state index in [1.165, 1.54) is 4.90 Å². The Morgan fingerprint density at radius 3 is 2.73 bits per heavy atom. The molecule has 1 N–H and O–H groups in total. The van der Waals surface area contributed by atoms with Crippen LogP contribution in [0.5, 0.6) is 0 Å². The first-order valence-electron chi connectivity index (χ1n) is 8.14. The Morgan fingerprint density at radius 2 is 2.05 bits per heavy atom. The minimum absolute atomic E-state index is 0.0175. The number of aliphatic hydroxyl groups excluding tert-OH is 1. The van der Waals surface area contributed by atoms with E-state index in [0.29, 0.717) is 13.0 Å². The molecule has 0 spiro atoms. The van der Waals surface area contributed by atoms with Crippen molar-refractivity contribution in [2.45, 2.75) is 37.1 Å². The number of hydrogen-bond donors (Lipinski definition) is 1. The highest BCUT2D eigenvalue weighted by atomic mass is 19.1. The Morgan fingerprint density at radius 1 is 1.27 bits per heavy atom. The van der Waals surface area contributed by atoms with E-state index in [9.17, 15) is 9.18 Å². The van der Waals surface area contributed by atoms with Gasteiger partial charge in [-0.15, -0.1) is 0 Å². The first-order valence-corrected chi connectivity index (χ1v) is 8.14. The highest BCUT2D eigenvalue weighted by Gasteiger charge is 2.43. The summed E-state index contributed by atoms with van der Waals surface area (Å²) in [5, 5.41) is 9.05. The van der Waals surface area contributed by atoms with Gasteiger partial charge in [-0.25, -0.2) is 4.39 Å². The van der Waals surface area contributed by atoms with Crippen LogP contribution in [0.2, 0.25) is 0 Å². The number of rotatable bonds is 4. The van der Waals surface area contributed by atoms with Crippen LogP contribution in [-0.4, -0.2) is 91.2 Å². The SMILES string of the molecule is O=C([C@@H]1CC[C@H](CN2CCOCC2)O1)N1CCC(F)(CO)C1. The van der Waals surface area contributed by atoms with Crippen LogP contribution in [0.15, 0.2) is 0 Å². The third-order valence-corrected chi connectivity index (χ3v) is 4.85. The molecule has 0 aromatic heterocycles. The molecular weight excluding hydrogens is 291 g/mol. The third-order valence-electron chi connectivity index (χ3n) is 4.85. The molecule has 3 atom stereocenters. The zero-order valence-corrected chi connectivity index (χ0v) is 12.9. The van der Waals surface area contributed by atoms with Crippen molar-refractivity contribution in [3.8, 4) is 0 Å². The topological polar surface area (TPSA) is 62.2 Å². The van der Waals surface area contributed by atoms with Crippen LogP contribution >= 0.6 is 0 Å². The molecule has 1 unspecified atom stereocenters. The fraction of sp³-hybridized carbons (Fsp3) is 0.933. The van der Waals surface area contributed by atoms with Crippen LogP contribution in [0.3, 0.4) is 0 Å². The maximum absolute atomic E-state index is 14.0. The van der Waals surface area contributed by atoms with E-state index < -0.39 is 18.4 Å². The maximum atomic E-state index is 14.0. The van der Waals surface area contributed by atoms with Gasteiger partial charge in [-0.1, -0.05) is 0 Å². The number of morpholine rings is 1. The molecule has 3 aliphatic rings. The Hall–Kier alpha value is -0.760. The highest BCUT2D eigenvalue weighted by molar-refractivity contribution is 5.81. The number of aliphatic hydroxyl groups is 1. The second-order valence-corrected chi connectivity index (χ2v) is 6.56. The summed E-state index contributed by atoms with van der Waals surface area (Å²) in [7, 11) is 0. The van der Waals surface area contributed by atoms with Gasteiger partial charge in [0.15, 0.2) is 5.67 Å². The molecule has 3 saturated heterocycles. The van der Waals surface area contributed by atoms with E-state index in [-0.39, 0.29) is 25.0 Å². The summed E-state index contributed by atoms with van der Waals surface area (Å²) in [6.45, 7) is 3.97. The van der Waals surface area contributed by atoms with Gasteiger partial charge in [-0.05, 0) is 12.8 Å². The quantitative estimate of drug-likeness (QED) is 0.778. The van der Waals surface area contributed by atoms with Gasteiger partial charge in [0, 0.05) is 32.6 Å². The molecule has 0 saturated carbocycles. The maximum Gasteiger partial charge on any atom is 0.251 e. The van der Waals surface area contributed by atoms with Crippen LogP contribution in [0.1, 0.15) is 19.3 Å². The van der Waals surface area contributed by atoms with E-state index in [1.54, 1.807) is 0 Å². The molecule has 3 fully saturated rings. The molecule has 0 aromatic rings. The lowest BCUT2D eigenvalue weighted by molar-refractivity contribution is -0.143. The number of carbonyl (C=O) groups is 1. The van der Waals surface area contributed by atoms with Crippen LogP contribution in [0.25, 0.3) is 0 Å². The number of nitrogens with zero attached hydrogens (tertiary/aromatic N) is 2. The third kappa shape index (κ3) is 3.59. The second-order valence-electron chi connectivity index (χ2n) is 6.56. The van der Waals surface area contributed by atoms with Gasteiger partial charge >= 0.3 is 0 Å². The van der Waals surface area contributed by atoms with E-state index >= 15 is 0 Å². The van der Waals surface area contributed by atoms with Crippen molar-refractivity contribution in [2.24, 2.45) is 0 Å². The summed E-state index contributed by atoms with van der Waals surface area (Å²) in [5.74, 6) is -0.127. The molecule has 3 heterocycles. The molecule has 3 rings (SSSR count). The lowest BCUT2D eigenvalue weighted by Crippen LogP contribution is -2.43. The van der Waals surface area contributed by atoms with Crippen LogP contribution in [0, 0.1) is 0 Å². The van der Waals surface area contributed by atoms with Gasteiger partial charge in [0.2, 0.25) is 0 Å². The summed E-state index contributed by atoms with van der Waals surface area (Å²) < 4.78 is 25.2. The molecule has 3 aliphatic heterocycles. The Balaban J connectivity index is 1.47. The van der Waals surface area contributed by atoms with E-state index in [0.717, 1.165) is 39.3 Å². The summed E-state index contributed by atoms with van der Waals surface area (Å²) in [4.78, 5) is 16.2. The lowest BCUT2D eigenvalue weighted by atomic mass is 10.1. The normalized spacial score (nSPS) is 36.9. The smallest absolute Gasteiger partial charge is 0.251 e. The average molecular weight is 316 g/mol. The molecule has 6 nitrogen and oxygen atoms in total. The standard InChI is InChI=1S/C15H25FN2O4/c16-15(11-19)3-4-18(10-15)14(20)13-2-1-12(22-13)9-17-5-7-21-8-6-17/h12-13,19H,1-11H2/t12-,13+,15?/m1/s1. The van der Waals surface area contributed by atoms with Crippen molar-refractivity contribution in [3.63, 3.8) is 0 Å². The molecule has 0 aliphatic carbocycles. The van der Waals surface area contributed by atoms with Gasteiger partial charge in [0.1, 0.15) is 6.10 Å². The minimum Gasteiger partial charge on any atom is -0.393 e. The number of halogens is 1. The van der Waals surface area contributed by atoms with Crippen molar-refractivity contribution in [1.29, 1.82) is 0 Å². The molecule has 0 bridgehead atoms. The molecule has 7 heteroatoms. The number of alkyl halides is 1. The second kappa shape index (κ2) is 6.78. The van der Waals surface area contributed by atoms with Gasteiger partial charge in [-0.3, -0.25) is 9.69 Å². The van der Waals surface area contributed by atoms with Crippen LogP contribution in [0.4, 0.5) is 4.39 Å².